The summed E-state index contributed by atoms with van der Waals surface area (Å²) in [4.78, 5) is 2.35. The van der Waals surface area contributed by atoms with E-state index >= 15 is 0 Å². The van der Waals surface area contributed by atoms with Gasteiger partial charge in [-0.25, -0.2) is 0 Å². The topological polar surface area (TPSA) is 41.3 Å². The molecule has 1 aliphatic rings. The van der Waals surface area contributed by atoms with Gasteiger partial charge in [-0.2, -0.15) is 0 Å². The Morgan fingerprint density at radius 3 is 2.69 bits per heavy atom. The Kier molecular flexibility index (Phi) is 3.71. The molecule has 1 rings (SSSR count). The molecule has 3 nitrogen and oxygen atoms in total. The molecule has 78 valence electrons. The van der Waals surface area contributed by atoms with Crippen LogP contribution in [0, 0.1) is 0 Å². The molecule has 0 bridgehead atoms. The second-order valence-corrected chi connectivity index (χ2v) is 4.43. The summed E-state index contributed by atoms with van der Waals surface area (Å²) in [6, 6.07) is 0.579. The van der Waals surface area contributed by atoms with Crippen molar-refractivity contribution in [1.29, 1.82) is 0 Å². The number of nitrogens with zero attached hydrogens (tertiary/aromatic N) is 1. The van der Waals surface area contributed by atoms with E-state index in [0.717, 1.165) is 13.1 Å². The Labute approximate surface area is 81.7 Å². The zero-order valence-electron chi connectivity index (χ0n) is 9.14. The Morgan fingerprint density at radius 2 is 2.31 bits per heavy atom. The second-order valence-electron chi connectivity index (χ2n) is 4.43. The highest BCUT2D eigenvalue weighted by Crippen LogP contribution is 2.19. The highest BCUT2D eigenvalue weighted by molar-refractivity contribution is 4.98. The van der Waals surface area contributed by atoms with Crippen molar-refractivity contribution in [3.8, 4) is 0 Å². The normalized spacial score (nSPS) is 32.3. The summed E-state index contributed by atoms with van der Waals surface area (Å²) in [5.41, 5.74) is 6.03. The molecule has 0 amide bonds. The first kappa shape index (κ1) is 11.0. The fourth-order valence-electron chi connectivity index (χ4n) is 2.05. The SMILES string of the molecule is CCC(C)NC1(CN)CCN(C)C1. The van der Waals surface area contributed by atoms with Crippen molar-refractivity contribution in [3.63, 3.8) is 0 Å². The molecule has 3 heteroatoms. The van der Waals surface area contributed by atoms with Crippen molar-refractivity contribution in [2.75, 3.05) is 26.7 Å². The largest absolute Gasteiger partial charge is 0.329 e. The highest BCUT2D eigenvalue weighted by atomic mass is 15.2. The van der Waals surface area contributed by atoms with Crippen molar-refractivity contribution in [3.05, 3.63) is 0 Å². The van der Waals surface area contributed by atoms with Crippen LogP contribution in [0.2, 0.25) is 0 Å². The number of nitrogens with two attached hydrogens (primary N) is 1. The third-order valence-electron chi connectivity index (χ3n) is 3.10. The lowest BCUT2D eigenvalue weighted by Gasteiger charge is -2.32. The minimum Gasteiger partial charge on any atom is -0.329 e. The van der Waals surface area contributed by atoms with E-state index in [-0.39, 0.29) is 5.54 Å². The molecule has 0 saturated carbocycles. The molecule has 2 atom stereocenters. The van der Waals surface area contributed by atoms with Gasteiger partial charge in [-0.15, -0.1) is 0 Å². The van der Waals surface area contributed by atoms with E-state index in [0.29, 0.717) is 6.04 Å². The molecular weight excluding hydrogens is 162 g/mol. The van der Waals surface area contributed by atoms with Crippen LogP contribution in [0.25, 0.3) is 0 Å². The zero-order chi connectivity index (χ0) is 9.90. The minimum absolute atomic E-state index is 0.185. The van der Waals surface area contributed by atoms with E-state index in [2.05, 4.69) is 31.1 Å². The van der Waals surface area contributed by atoms with Crippen LogP contribution in [-0.2, 0) is 0 Å². The van der Waals surface area contributed by atoms with Gasteiger partial charge in [0.2, 0.25) is 0 Å². The van der Waals surface area contributed by atoms with Gasteiger partial charge >= 0.3 is 0 Å². The Hall–Kier alpha value is -0.120. The highest BCUT2D eigenvalue weighted by Gasteiger charge is 2.35. The number of nitrogens with one attached hydrogen (secondary N) is 1. The third-order valence-corrected chi connectivity index (χ3v) is 3.10. The first-order chi connectivity index (χ1) is 6.12. The number of hydrogen-bond acceptors (Lipinski definition) is 3. The Morgan fingerprint density at radius 1 is 1.62 bits per heavy atom. The summed E-state index contributed by atoms with van der Waals surface area (Å²) in [6.07, 6.45) is 2.36. The maximum Gasteiger partial charge on any atom is 0.0446 e. The molecule has 0 radical (unpaired) electrons. The van der Waals surface area contributed by atoms with E-state index in [1.807, 2.05) is 0 Å². The molecule has 2 unspecified atom stereocenters. The molecule has 0 aliphatic carbocycles. The molecule has 3 N–H and O–H groups in total. The van der Waals surface area contributed by atoms with Gasteiger partial charge in [0.25, 0.3) is 0 Å². The van der Waals surface area contributed by atoms with Gasteiger partial charge in [-0.05, 0) is 33.4 Å². The molecule has 1 heterocycles. The van der Waals surface area contributed by atoms with Crippen molar-refractivity contribution >= 4 is 0 Å². The molecule has 1 aliphatic heterocycles. The van der Waals surface area contributed by atoms with Crippen LogP contribution < -0.4 is 11.1 Å². The molecule has 0 aromatic rings. The molecule has 0 aromatic carbocycles. The van der Waals surface area contributed by atoms with Gasteiger partial charge in [0.05, 0.1) is 0 Å². The van der Waals surface area contributed by atoms with Gasteiger partial charge in [-0.1, -0.05) is 6.92 Å². The Balaban J connectivity index is 2.50. The number of likely N-dealkylation sites (N-methyl/N-ethyl adjacent to an activating group) is 1. The quantitative estimate of drug-likeness (QED) is 0.666. The first-order valence-electron chi connectivity index (χ1n) is 5.28. The lowest BCUT2D eigenvalue weighted by atomic mass is 9.97. The van der Waals surface area contributed by atoms with Crippen LogP contribution in [0.1, 0.15) is 26.7 Å². The second kappa shape index (κ2) is 4.40. The van der Waals surface area contributed by atoms with Crippen molar-refractivity contribution in [2.45, 2.75) is 38.3 Å². The summed E-state index contributed by atoms with van der Waals surface area (Å²) < 4.78 is 0. The number of likely N-dealkylation sites (tertiary alicyclic amines) is 1. The molecule has 0 spiro atoms. The van der Waals surface area contributed by atoms with Gasteiger partial charge in [0.1, 0.15) is 0 Å². The summed E-state index contributed by atoms with van der Waals surface area (Å²) in [7, 11) is 2.16. The molecule has 1 saturated heterocycles. The van der Waals surface area contributed by atoms with E-state index < -0.39 is 0 Å². The van der Waals surface area contributed by atoms with Crippen molar-refractivity contribution in [1.82, 2.24) is 10.2 Å². The summed E-state index contributed by atoms with van der Waals surface area (Å²) in [5, 5.41) is 3.66. The summed E-state index contributed by atoms with van der Waals surface area (Å²) in [6.45, 7) is 7.45. The minimum atomic E-state index is 0.185. The molecule has 1 fully saturated rings. The van der Waals surface area contributed by atoms with Gasteiger partial charge in [0.15, 0.2) is 0 Å². The van der Waals surface area contributed by atoms with Crippen LogP contribution in [-0.4, -0.2) is 43.2 Å². The maximum absolute atomic E-state index is 5.84. The first-order valence-corrected chi connectivity index (χ1v) is 5.28. The van der Waals surface area contributed by atoms with E-state index in [4.69, 9.17) is 5.73 Å². The fraction of sp³-hybridized carbons (Fsp3) is 1.00. The van der Waals surface area contributed by atoms with Crippen molar-refractivity contribution in [2.24, 2.45) is 5.73 Å². The lowest BCUT2D eigenvalue weighted by Crippen LogP contribution is -2.55. The summed E-state index contributed by atoms with van der Waals surface area (Å²) >= 11 is 0. The molecular formula is C10H23N3. The predicted molar refractivity (Wildman–Crippen MR) is 56.8 cm³/mol. The van der Waals surface area contributed by atoms with E-state index in [1.165, 1.54) is 19.4 Å². The van der Waals surface area contributed by atoms with Gasteiger partial charge in [0, 0.05) is 24.7 Å². The predicted octanol–water partition coefficient (Wildman–Crippen LogP) is 0.408. The van der Waals surface area contributed by atoms with Crippen LogP contribution >= 0.6 is 0 Å². The van der Waals surface area contributed by atoms with Gasteiger partial charge in [-0.3, -0.25) is 0 Å². The average molecular weight is 185 g/mol. The van der Waals surface area contributed by atoms with E-state index in [1.54, 1.807) is 0 Å². The van der Waals surface area contributed by atoms with E-state index in [9.17, 15) is 0 Å². The molecule has 0 aromatic heterocycles. The van der Waals surface area contributed by atoms with Gasteiger partial charge < -0.3 is 16.0 Å². The third kappa shape index (κ3) is 2.66. The average Bonchev–Trinajstić information content (AvgIpc) is 2.48. The van der Waals surface area contributed by atoms with Crippen LogP contribution in [0.3, 0.4) is 0 Å². The van der Waals surface area contributed by atoms with Crippen LogP contribution in [0.15, 0.2) is 0 Å². The van der Waals surface area contributed by atoms with Crippen molar-refractivity contribution < 1.29 is 0 Å². The number of rotatable bonds is 4. The van der Waals surface area contributed by atoms with Crippen LogP contribution in [0.5, 0.6) is 0 Å². The smallest absolute Gasteiger partial charge is 0.0446 e. The fourth-order valence-corrected chi connectivity index (χ4v) is 2.05. The Bertz CT molecular complexity index is 160. The maximum atomic E-state index is 5.84. The zero-order valence-corrected chi connectivity index (χ0v) is 9.14. The lowest BCUT2D eigenvalue weighted by molar-refractivity contribution is 0.288. The summed E-state index contributed by atoms with van der Waals surface area (Å²) in [5.74, 6) is 0. The number of hydrogen-bond donors (Lipinski definition) is 2. The standard InChI is InChI=1S/C10H23N3/c1-4-9(2)12-10(7-11)5-6-13(3)8-10/h9,12H,4-8,11H2,1-3H3. The molecule has 13 heavy (non-hydrogen) atoms. The van der Waals surface area contributed by atoms with Crippen LogP contribution in [0.4, 0.5) is 0 Å². The monoisotopic (exact) mass is 185 g/mol.